The van der Waals surface area contributed by atoms with Gasteiger partial charge in [0.1, 0.15) is 6.04 Å². The lowest BCUT2D eigenvalue weighted by molar-refractivity contribution is 0.0710. The van der Waals surface area contributed by atoms with Crippen LogP contribution in [0, 0.1) is 6.92 Å². The summed E-state index contributed by atoms with van der Waals surface area (Å²) in [7, 11) is 0. The first kappa shape index (κ1) is 13.3. The second-order valence-corrected chi connectivity index (χ2v) is 5.76. The molecule has 0 radical (unpaired) electrons. The standard InChI is InChI=1S/C14H14BrN3O2/c1-9-16-13(20-17-9)12-3-2-8-18(12)14(19)10-4-6-11(15)7-5-10/h4-7,12H,2-3,8H2,1H3. The van der Waals surface area contributed by atoms with Crippen LogP contribution in [0.1, 0.15) is 41.0 Å². The highest BCUT2D eigenvalue weighted by Crippen LogP contribution is 2.32. The predicted octanol–water partition coefficient (Wildman–Crippen LogP) is 3.12. The highest BCUT2D eigenvalue weighted by Gasteiger charge is 2.34. The molecule has 104 valence electrons. The van der Waals surface area contributed by atoms with Gasteiger partial charge < -0.3 is 9.42 Å². The molecule has 0 aliphatic carbocycles. The molecule has 1 unspecified atom stereocenters. The van der Waals surface area contributed by atoms with E-state index in [4.69, 9.17) is 4.52 Å². The molecule has 1 fully saturated rings. The summed E-state index contributed by atoms with van der Waals surface area (Å²) in [5.41, 5.74) is 0.677. The summed E-state index contributed by atoms with van der Waals surface area (Å²) in [5, 5.41) is 3.81. The maximum Gasteiger partial charge on any atom is 0.254 e. The largest absolute Gasteiger partial charge is 0.337 e. The highest BCUT2D eigenvalue weighted by atomic mass is 79.9. The minimum atomic E-state index is -0.104. The van der Waals surface area contributed by atoms with Crippen molar-refractivity contribution in [3.8, 4) is 0 Å². The van der Waals surface area contributed by atoms with Crippen LogP contribution >= 0.6 is 15.9 Å². The van der Waals surface area contributed by atoms with E-state index in [0.717, 1.165) is 23.9 Å². The normalized spacial score (nSPS) is 18.5. The number of halogens is 1. The second-order valence-electron chi connectivity index (χ2n) is 4.84. The van der Waals surface area contributed by atoms with Crippen molar-refractivity contribution in [1.29, 1.82) is 0 Å². The average Bonchev–Trinajstić information content (AvgIpc) is 3.07. The molecule has 3 rings (SSSR count). The summed E-state index contributed by atoms with van der Waals surface area (Å²) in [6, 6.07) is 7.28. The van der Waals surface area contributed by atoms with Crippen LogP contribution in [0.4, 0.5) is 0 Å². The summed E-state index contributed by atoms with van der Waals surface area (Å²) >= 11 is 3.37. The zero-order chi connectivity index (χ0) is 14.1. The fourth-order valence-electron chi connectivity index (χ4n) is 2.47. The van der Waals surface area contributed by atoms with E-state index in [1.807, 2.05) is 29.2 Å². The van der Waals surface area contributed by atoms with Crippen LogP contribution in [-0.4, -0.2) is 27.5 Å². The fourth-order valence-corrected chi connectivity index (χ4v) is 2.74. The van der Waals surface area contributed by atoms with Crippen molar-refractivity contribution in [2.75, 3.05) is 6.54 Å². The Morgan fingerprint density at radius 3 is 2.80 bits per heavy atom. The summed E-state index contributed by atoms with van der Waals surface area (Å²) in [4.78, 5) is 18.6. The summed E-state index contributed by atoms with van der Waals surface area (Å²) in [5.74, 6) is 1.14. The lowest BCUT2D eigenvalue weighted by Gasteiger charge is -2.21. The number of likely N-dealkylation sites (tertiary alicyclic amines) is 1. The van der Waals surface area contributed by atoms with Gasteiger partial charge in [0.05, 0.1) is 0 Å². The second kappa shape index (κ2) is 5.36. The molecule has 1 aliphatic heterocycles. The van der Waals surface area contributed by atoms with Crippen molar-refractivity contribution < 1.29 is 9.32 Å². The number of carbonyl (C=O) groups is 1. The van der Waals surface area contributed by atoms with Gasteiger partial charge in [0.2, 0.25) is 5.89 Å². The number of rotatable bonds is 2. The van der Waals surface area contributed by atoms with E-state index in [1.54, 1.807) is 6.92 Å². The Morgan fingerprint density at radius 2 is 2.15 bits per heavy atom. The first-order valence-electron chi connectivity index (χ1n) is 6.52. The van der Waals surface area contributed by atoms with Gasteiger partial charge >= 0.3 is 0 Å². The van der Waals surface area contributed by atoms with E-state index >= 15 is 0 Å². The van der Waals surface area contributed by atoms with Gasteiger partial charge in [0.25, 0.3) is 5.91 Å². The smallest absolute Gasteiger partial charge is 0.254 e. The van der Waals surface area contributed by atoms with E-state index in [9.17, 15) is 4.79 Å². The van der Waals surface area contributed by atoms with E-state index in [2.05, 4.69) is 26.1 Å². The molecule has 1 amide bonds. The third-order valence-electron chi connectivity index (χ3n) is 3.43. The minimum Gasteiger partial charge on any atom is -0.337 e. The topological polar surface area (TPSA) is 59.2 Å². The molecule has 1 aliphatic rings. The van der Waals surface area contributed by atoms with Gasteiger partial charge in [-0.2, -0.15) is 4.98 Å². The average molecular weight is 336 g/mol. The van der Waals surface area contributed by atoms with Crippen LogP contribution in [0.5, 0.6) is 0 Å². The Hall–Kier alpha value is -1.69. The summed E-state index contributed by atoms with van der Waals surface area (Å²) in [6.45, 7) is 2.50. The Kier molecular flexibility index (Phi) is 3.56. The molecular formula is C14H14BrN3O2. The molecule has 1 atom stereocenters. The number of hydrogen-bond donors (Lipinski definition) is 0. The van der Waals surface area contributed by atoms with Gasteiger partial charge in [-0.15, -0.1) is 0 Å². The number of aromatic nitrogens is 2. The molecule has 1 aromatic heterocycles. The maximum atomic E-state index is 12.6. The fraction of sp³-hybridized carbons (Fsp3) is 0.357. The molecule has 0 saturated carbocycles. The lowest BCUT2D eigenvalue weighted by atomic mass is 10.1. The molecule has 0 N–H and O–H groups in total. The SMILES string of the molecule is Cc1noc(C2CCCN2C(=O)c2ccc(Br)cc2)n1. The van der Waals surface area contributed by atoms with E-state index in [1.165, 1.54) is 0 Å². The molecule has 2 heterocycles. The Bertz CT molecular complexity index is 624. The highest BCUT2D eigenvalue weighted by molar-refractivity contribution is 9.10. The first-order valence-corrected chi connectivity index (χ1v) is 7.31. The first-order chi connectivity index (χ1) is 9.65. The third kappa shape index (κ3) is 2.47. The summed E-state index contributed by atoms with van der Waals surface area (Å²) in [6.07, 6.45) is 1.82. The van der Waals surface area contributed by atoms with Gasteiger partial charge in [-0.3, -0.25) is 4.79 Å². The van der Waals surface area contributed by atoms with E-state index in [-0.39, 0.29) is 11.9 Å². The van der Waals surface area contributed by atoms with Gasteiger partial charge in [0, 0.05) is 16.6 Å². The number of carbonyl (C=O) groups excluding carboxylic acids is 1. The van der Waals surface area contributed by atoms with Crippen molar-refractivity contribution in [2.45, 2.75) is 25.8 Å². The number of amides is 1. The Morgan fingerprint density at radius 1 is 1.40 bits per heavy atom. The zero-order valence-corrected chi connectivity index (χ0v) is 12.6. The van der Waals surface area contributed by atoms with E-state index < -0.39 is 0 Å². The molecule has 1 aromatic carbocycles. The molecule has 2 aromatic rings. The molecule has 0 bridgehead atoms. The molecule has 5 nitrogen and oxygen atoms in total. The van der Waals surface area contributed by atoms with Gasteiger partial charge in [-0.25, -0.2) is 0 Å². The van der Waals surface area contributed by atoms with Crippen LogP contribution in [-0.2, 0) is 0 Å². The number of hydrogen-bond acceptors (Lipinski definition) is 4. The van der Waals surface area contributed by atoms with Gasteiger partial charge in [-0.05, 0) is 44.0 Å². The van der Waals surface area contributed by atoms with Crippen molar-refractivity contribution in [3.05, 3.63) is 46.0 Å². The van der Waals surface area contributed by atoms with Crippen LogP contribution < -0.4 is 0 Å². The monoisotopic (exact) mass is 335 g/mol. The molecule has 6 heteroatoms. The minimum absolute atomic E-state index is 0.0100. The molecular weight excluding hydrogens is 322 g/mol. The van der Waals surface area contributed by atoms with Crippen molar-refractivity contribution in [1.82, 2.24) is 15.0 Å². The molecule has 0 spiro atoms. The third-order valence-corrected chi connectivity index (χ3v) is 3.96. The van der Waals surface area contributed by atoms with Crippen LogP contribution in [0.15, 0.2) is 33.3 Å². The molecule has 20 heavy (non-hydrogen) atoms. The van der Waals surface area contributed by atoms with Crippen LogP contribution in [0.3, 0.4) is 0 Å². The Labute approximate surface area is 125 Å². The summed E-state index contributed by atoms with van der Waals surface area (Å²) < 4.78 is 6.18. The van der Waals surface area contributed by atoms with Gasteiger partial charge in [-0.1, -0.05) is 21.1 Å². The van der Waals surface area contributed by atoms with Crippen LogP contribution in [0.2, 0.25) is 0 Å². The van der Waals surface area contributed by atoms with Crippen molar-refractivity contribution in [2.24, 2.45) is 0 Å². The predicted molar refractivity (Wildman–Crippen MR) is 76.2 cm³/mol. The Balaban J connectivity index is 1.85. The molecule has 1 saturated heterocycles. The quantitative estimate of drug-likeness (QED) is 0.845. The van der Waals surface area contributed by atoms with E-state index in [0.29, 0.717) is 17.3 Å². The zero-order valence-electron chi connectivity index (χ0n) is 11.0. The number of nitrogens with zero attached hydrogens (tertiary/aromatic N) is 3. The number of benzene rings is 1. The lowest BCUT2D eigenvalue weighted by Crippen LogP contribution is -2.30. The van der Waals surface area contributed by atoms with Gasteiger partial charge in [0.15, 0.2) is 5.82 Å². The van der Waals surface area contributed by atoms with Crippen LogP contribution in [0.25, 0.3) is 0 Å². The van der Waals surface area contributed by atoms with Crippen molar-refractivity contribution >= 4 is 21.8 Å². The maximum absolute atomic E-state index is 12.6. The number of aryl methyl sites for hydroxylation is 1. The van der Waals surface area contributed by atoms with Crippen molar-refractivity contribution in [3.63, 3.8) is 0 Å².